The number of carbonyl (C=O) groups excluding carboxylic acids is 2. The summed E-state index contributed by atoms with van der Waals surface area (Å²) >= 11 is 2.92. The highest BCUT2D eigenvalue weighted by Gasteiger charge is 2.19. The van der Waals surface area contributed by atoms with E-state index in [4.69, 9.17) is 0 Å². The van der Waals surface area contributed by atoms with E-state index in [0.717, 1.165) is 15.2 Å². The Kier molecular flexibility index (Phi) is 4.92. The lowest BCUT2D eigenvalue weighted by atomic mass is 10.1. The smallest absolute Gasteiger partial charge is 0.237 e. The van der Waals surface area contributed by atoms with Crippen LogP contribution in [0, 0.1) is 0 Å². The van der Waals surface area contributed by atoms with E-state index in [1.807, 2.05) is 18.4 Å². The third kappa shape index (κ3) is 3.47. The Labute approximate surface area is 147 Å². The molecule has 0 aliphatic heterocycles. The number of hydrogen-bond acceptors (Lipinski definition) is 6. The van der Waals surface area contributed by atoms with Crippen molar-refractivity contribution in [2.24, 2.45) is 0 Å². The quantitative estimate of drug-likeness (QED) is 0.424. The van der Waals surface area contributed by atoms with Crippen molar-refractivity contribution in [3.63, 3.8) is 0 Å². The number of nitrogens with one attached hydrogen (secondary N) is 1. The molecule has 0 aliphatic carbocycles. The van der Waals surface area contributed by atoms with Crippen LogP contribution in [0.4, 0.5) is 5.69 Å². The number of nitrogens with zero attached hydrogens (tertiary/aromatic N) is 2. The molecular formula is C17H15N3O2S2. The first-order chi connectivity index (χ1) is 11.6. The van der Waals surface area contributed by atoms with Crippen molar-refractivity contribution < 1.29 is 9.59 Å². The number of carbonyl (C=O) groups is 2. The van der Waals surface area contributed by atoms with Crippen LogP contribution in [0.25, 0.3) is 10.2 Å². The molecule has 7 heteroatoms. The van der Waals surface area contributed by atoms with Crippen molar-refractivity contribution in [3.8, 4) is 0 Å². The van der Waals surface area contributed by atoms with Gasteiger partial charge in [0, 0.05) is 10.9 Å². The molecule has 1 aromatic carbocycles. The number of anilines is 1. The van der Waals surface area contributed by atoms with E-state index in [0.29, 0.717) is 11.3 Å². The van der Waals surface area contributed by atoms with Crippen LogP contribution in [0.5, 0.6) is 0 Å². The van der Waals surface area contributed by atoms with Crippen LogP contribution in [-0.4, -0.2) is 26.9 Å². The van der Waals surface area contributed by atoms with Crippen molar-refractivity contribution >= 4 is 50.7 Å². The maximum Gasteiger partial charge on any atom is 0.237 e. The molecule has 0 bridgehead atoms. The summed E-state index contributed by atoms with van der Waals surface area (Å²) < 4.78 is 0. The van der Waals surface area contributed by atoms with E-state index in [2.05, 4.69) is 15.3 Å². The standard InChI is InChI=1S/C17H15N3O2S2/c1-10(21)12-5-3-4-6-14(12)20-15(22)11(2)24-17-13-7-8-23-16(13)18-9-19-17/h3-9,11H,1-2H3,(H,20,22)/t11-/m0/s1. The summed E-state index contributed by atoms with van der Waals surface area (Å²) in [6.07, 6.45) is 1.51. The summed E-state index contributed by atoms with van der Waals surface area (Å²) in [5, 5.41) is 6.17. The Morgan fingerprint density at radius 3 is 2.79 bits per heavy atom. The second kappa shape index (κ2) is 7.11. The molecule has 1 amide bonds. The molecule has 1 atom stereocenters. The van der Waals surface area contributed by atoms with Crippen molar-refractivity contribution in [1.82, 2.24) is 9.97 Å². The molecule has 3 aromatic rings. The van der Waals surface area contributed by atoms with Crippen molar-refractivity contribution in [2.75, 3.05) is 5.32 Å². The minimum absolute atomic E-state index is 0.0815. The zero-order valence-electron chi connectivity index (χ0n) is 13.1. The van der Waals surface area contributed by atoms with E-state index in [-0.39, 0.29) is 16.9 Å². The number of rotatable bonds is 5. The van der Waals surface area contributed by atoms with Crippen LogP contribution >= 0.6 is 23.1 Å². The largest absolute Gasteiger partial charge is 0.324 e. The number of fused-ring (bicyclic) bond motifs is 1. The lowest BCUT2D eigenvalue weighted by molar-refractivity contribution is -0.115. The normalized spacial score (nSPS) is 12.1. The Morgan fingerprint density at radius 2 is 2.00 bits per heavy atom. The number of hydrogen-bond donors (Lipinski definition) is 1. The third-order valence-electron chi connectivity index (χ3n) is 3.45. The summed E-state index contributed by atoms with van der Waals surface area (Å²) in [4.78, 5) is 33.5. The minimum atomic E-state index is -0.358. The van der Waals surface area contributed by atoms with Gasteiger partial charge in [0.1, 0.15) is 16.2 Å². The molecule has 0 saturated carbocycles. The molecule has 1 N–H and O–H groups in total. The fraction of sp³-hybridized carbons (Fsp3) is 0.176. The Bertz CT molecular complexity index is 907. The highest BCUT2D eigenvalue weighted by molar-refractivity contribution is 8.00. The number of thioether (sulfide) groups is 1. The van der Waals surface area contributed by atoms with Crippen LogP contribution < -0.4 is 5.32 Å². The summed E-state index contributed by atoms with van der Waals surface area (Å²) in [5.41, 5.74) is 1.04. The van der Waals surface area contributed by atoms with E-state index in [9.17, 15) is 9.59 Å². The first-order valence-corrected chi connectivity index (χ1v) is 9.08. The van der Waals surface area contributed by atoms with Crippen molar-refractivity contribution in [2.45, 2.75) is 24.1 Å². The molecule has 0 unspecified atom stereocenters. The molecule has 0 aliphatic rings. The van der Waals surface area contributed by atoms with Gasteiger partial charge in [-0.25, -0.2) is 9.97 Å². The van der Waals surface area contributed by atoms with Gasteiger partial charge < -0.3 is 5.32 Å². The molecule has 0 saturated heterocycles. The van der Waals surface area contributed by atoms with Crippen LogP contribution in [0.15, 0.2) is 47.1 Å². The van der Waals surface area contributed by atoms with E-state index in [1.165, 1.54) is 25.0 Å². The second-order valence-corrected chi connectivity index (χ2v) is 7.39. The molecular weight excluding hydrogens is 342 g/mol. The van der Waals surface area contributed by atoms with E-state index >= 15 is 0 Å². The first kappa shape index (κ1) is 16.6. The first-order valence-electron chi connectivity index (χ1n) is 7.32. The van der Waals surface area contributed by atoms with Gasteiger partial charge in [0.2, 0.25) is 5.91 Å². The average Bonchev–Trinajstić information content (AvgIpc) is 3.04. The van der Waals surface area contributed by atoms with Gasteiger partial charge in [-0.2, -0.15) is 0 Å². The van der Waals surface area contributed by atoms with Gasteiger partial charge in [0.25, 0.3) is 0 Å². The number of benzene rings is 1. The highest BCUT2D eigenvalue weighted by Crippen LogP contribution is 2.30. The Morgan fingerprint density at radius 1 is 1.21 bits per heavy atom. The van der Waals surface area contributed by atoms with Gasteiger partial charge in [-0.3, -0.25) is 9.59 Å². The third-order valence-corrected chi connectivity index (χ3v) is 5.38. The van der Waals surface area contributed by atoms with Gasteiger partial charge >= 0.3 is 0 Å². The fourth-order valence-corrected chi connectivity index (χ4v) is 3.91. The highest BCUT2D eigenvalue weighted by atomic mass is 32.2. The molecule has 2 heterocycles. The summed E-state index contributed by atoms with van der Waals surface area (Å²) in [6, 6.07) is 8.96. The summed E-state index contributed by atoms with van der Waals surface area (Å²) in [6.45, 7) is 3.30. The van der Waals surface area contributed by atoms with Crippen molar-refractivity contribution in [1.29, 1.82) is 0 Å². The van der Waals surface area contributed by atoms with E-state index in [1.54, 1.807) is 35.6 Å². The fourth-order valence-electron chi connectivity index (χ4n) is 2.22. The summed E-state index contributed by atoms with van der Waals surface area (Å²) in [5.74, 6) is -0.252. The zero-order valence-corrected chi connectivity index (χ0v) is 14.8. The van der Waals surface area contributed by atoms with Gasteiger partial charge in [0.05, 0.1) is 10.9 Å². The predicted octanol–water partition coefficient (Wildman–Crippen LogP) is 4.01. The monoisotopic (exact) mass is 357 g/mol. The zero-order chi connectivity index (χ0) is 17.1. The molecule has 2 aromatic heterocycles. The van der Waals surface area contributed by atoms with Crippen LogP contribution in [0.1, 0.15) is 24.2 Å². The Balaban J connectivity index is 1.76. The second-order valence-electron chi connectivity index (χ2n) is 5.17. The van der Waals surface area contributed by atoms with Crippen molar-refractivity contribution in [3.05, 3.63) is 47.6 Å². The molecule has 5 nitrogen and oxygen atoms in total. The molecule has 0 spiro atoms. The molecule has 122 valence electrons. The van der Waals surface area contributed by atoms with Gasteiger partial charge in [-0.1, -0.05) is 23.9 Å². The molecule has 0 fully saturated rings. The van der Waals surface area contributed by atoms with E-state index < -0.39 is 0 Å². The van der Waals surface area contributed by atoms with Gasteiger partial charge in [-0.05, 0) is 37.4 Å². The van der Waals surface area contributed by atoms with Gasteiger partial charge in [-0.15, -0.1) is 11.3 Å². The number of thiophene rings is 1. The maximum atomic E-state index is 12.5. The minimum Gasteiger partial charge on any atom is -0.324 e. The molecule has 24 heavy (non-hydrogen) atoms. The lowest BCUT2D eigenvalue weighted by Gasteiger charge is -2.13. The number of aromatic nitrogens is 2. The molecule has 0 radical (unpaired) electrons. The van der Waals surface area contributed by atoms with Gasteiger partial charge in [0.15, 0.2) is 5.78 Å². The number of Topliss-reactive ketones (excluding diaryl/α,β-unsaturated/α-hetero) is 1. The number of para-hydroxylation sites is 1. The number of ketones is 1. The van der Waals surface area contributed by atoms with Crippen LogP contribution in [0.3, 0.4) is 0 Å². The van der Waals surface area contributed by atoms with Crippen LogP contribution in [0.2, 0.25) is 0 Å². The predicted molar refractivity (Wildman–Crippen MR) is 97.8 cm³/mol. The topological polar surface area (TPSA) is 72.0 Å². The summed E-state index contributed by atoms with van der Waals surface area (Å²) in [7, 11) is 0. The average molecular weight is 357 g/mol. The Hall–Kier alpha value is -2.25. The SMILES string of the molecule is CC(=O)c1ccccc1NC(=O)[C@H](C)Sc1ncnc2sccc12. The van der Waals surface area contributed by atoms with Crippen LogP contribution in [-0.2, 0) is 4.79 Å². The lowest BCUT2D eigenvalue weighted by Crippen LogP contribution is -2.23. The number of amides is 1. The maximum absolute atomic E-state index is 12.5. The molecule has 3 rings (SSSR count).